The van der Waals surface area contributed by atoms with Crippen molar-refractivity contribution in [2.75, 3.05) is 24.8 Å². The second-order valence-corrected chi connectivity index (χ2v) is 12.9. The molecule has 0 saturated carbocycles. The van der Waals surface area contributed by atoms with Crippen LogP contribution in [0, 0.1) is 20.8 Å². The second-order valence-electron chi connectivity index (χ2n) is 11.1. The van der Waals surface area contributed by atoms with Crippen molar-refractivity contribution < 1.29 is 37.1 Å². The number of aromatic nitrogens is 3. The molecule has 1 N–H and O–H groups in total. The number of benzene rings is 2. The molecule has 4 rings (SSSR count). The molecule has 0 amide bonds. The minimum Gasteiger partial charge on any atom is -0.481 e. The molecule has 0 spiro atoms. The zero-order chi connectivity index (χ0) is 34.1. The standard InChI is InChI=1S/C34H42N4O8S/c1-7-9-14-31-35-23(4)29(18-32(39)40)34(36-31)45-19-25-15-16-27(26(17-25)20-44-8-2)28-12-10-11-13-30(28)47(41,42)38(21-43-6)33-22(3)24(5)46-37-33/h10-13,15-17H,7-9,14,18-21H2,1-6H3,(H,39,40). The van der Waals surface area contributed by atoms with Crippen molar-refractivity contribution >= 4 is 21.8 Å². The second kappa shape index (κ2) is 16.0. The average molecular weight is 667 g/mol. The molecule has 0 aliphatic heterocycles. The predicted octanol–water partition coefficient (Wildman–Crippen LogP) is 5.94. The molecule has 2 heterocycles. The first-order valence-electron chi connectivity index (χ1n) is 15.5. The van der Waals surface area contributed by atoms with Crippen molar-refractivity contribution in [3.8, 4) is 17.0 Å². The number of methoxy groups -OCH3 is 1. The van der Waals surface area contributed by atoms with Crippen LogP contribution >= 0.6 is 0 Å². The van der Waals surface area contributed by atoms with E-state index in [2.05, 4.69) is 22.0 Å². The van der Waals surface area contributed by atoms with Crippen molar-refractivity contribution in [1.82, 2.24) is 15.1 Å². The van der Waals surface area contributed by atoms with E-state index in [-0.39, 0.29) is 43.0 Å². The molecule has 0 bridgehead atoms. The summed E-state index contributed by atoms with van der Waals surface area (Å²) in [5, 5.41) is 13.5. The topological polar surface area (TPSA) is 154 Å². The zero-order valence-corrected chi connectivity index (χ0v) is 28.5. The Morgan fingerprint density at radius 2 is 1.79 bits per heavy atom. The van der Waals surface area contributed by atoms with Gasteiger partial charge in [0.25, 0.3) is 10.0 Å². The maximum atomic E-state index is 14.2. The quantitative estimate of drug-likeness (QED) is 0.133. The lowest BCUT2D eigenvalue weighted by Gasteiger charge is -2.23. The van der Waals surface area contributed by atoms with Gasteiger partial charge < -0.3 is 23.8 Å². The third-order valence-corrected chi connectivity index (χ3v) is 9.44. The number of carbonyl (C=O) groups is 1. The van der Waals surface area contributed by atoms with Gasteiger partial charge in [-0.1, -0.05) is 48.8 Å². The van der Waals surface area contributed by atoms with Crippen LogP contribution in [0.2, 0.25) is 0 Å². The van der Waals surface area contributed by atoms with Gasteiger partial charge in [0.05, 0.1) is 17.9 Å². The Labute approximate surface area is 275 Å². The Balaban J connectivity index is 1.73. The van der Waals surface area contributed by atoms with E-state index >= 15 is 0 Å². The average Bonchev–Trinajstić information content (AvgIpc) is 3.38. The van der Waals surface area contributed by atoms with Gasteiger partial charge in [0.1, 0.15) is 24.9 Å². The lowest BCUT2D eigenvalue weighted by Crippen LogP contribution is -2.34. The predicted molar refractivity (Wildman–Crippen MR) is 176 cm³/mol. The molecule has 0 radical (unpaired) electrons. The highest BCUT2D eigenvalue weighted by molar-refractivity contribution is 7.93. The van der Waals surface area contributed by atoms with E-state index in [9.17, 15) is 18.3 Å². The molecule has 13 heteroatoms. The summed E-state index contributed by atoms with van der Waals surface area (Å²) in [6, 6.07) is 12.3. The van der Waals surface area contributed by atoms with Crippen LogP contribution in [0.3, 0.4) is 0 Å². The SMILES string of the molecule is CCCCc1nc(C)c(CC(=O)O)c(OCc2ccc(-c3ccccc3S(=O)(=O)N(COC)c3noc(C)c3C)c(COCC)c2)n1. The third-order valence-electron chi connectivity index (χ3n) is 7.67. The van der Waals surface area contributed by atoms with E-state index in [0.717, 1.165) is 28.3 Å². The summed E-state index contributed by atoms with van der Waals surface area (Å²) >= 11 is 0. The molecule has 0 aliphatic carbocycles. The molecular formula is C34H42N4O8S. The molecular weight excluding hydrogens is 624 g/mol. The van der Waals surface area contributed by atoms with Crippen LogP contribution in [-0.4, -0.2) is 55.1 Å². The minimum atomic E-state index is -4.17. The largest absolute Gasteiger partial charge is 0.481 e. The van der Waals surface area contributed by atoms with Crippen LogP contribution in [0.25, 0.3) is 11.1 Å². The van der Waals surface area contributed by atoms with Gasteiger partial charge in [-0.25, -0.2) is 17.7 Å². The van der Waals surface area contributed by atoms with Crippen molar-refractivity contribution in [1.29, 1.82) is 0 Å². The van der Waals surface area contributed by atoms with E-state index in [4.69, 9.17) is 18.7 Å². The highest BCUT2D eigenvalue weighted by Crippen LogP contribution is 2.35. The van der Waals surface area contributed by atoms with E-state index in [1.165, 1.54) is 7.11 Å². The number of aliphatic carboxylic acids is 1. The van der Waals surface area contributed by atoms with E-state index in [0.29, 0.717) is 52.6 Å². The van der Waals surface area contributed by atoms with Crippen LogP contribution in [0.1, 0.15) is 66.2 Å². The summed E-state index contributed by atoms with van der Waals surface area (Å²) < 4.78 is 52.0. The van der Waals surface area contributed by atoms with Gasteiger partial charge in [-0.2, -0.15) is 4.98 Å². The summed E-state index contributed by atoms with van der Waals surface area (Å²) in [6.07, 6.45) is 2.27. The number of carboxylic acids is 1. The summed E-state index contributed by atoms with van der Waals surface area (Å²) in [7, 11) is -2.76. The summed E-state index contributed by atoms with van der Waals surface area (Å²) in [5.74, 6) is 0.511. The smallest absolute Gasteiger partial charge is 0.308 e. The van der Waals surface area contributed by atoms with Crippen molar-refractivity contribution in [2.45, 2.75) is 78.4 Å². The number of ether oxygens (including phenoxy) is 3. The number of anilines is 1. The zero-order valence-electron chi connectivity index (χ0n) is 27.7. The van der Waals surface area contributed by atoms with Crippen LogP contribution in [0.5, 0.6) is 5.88 Å². The Bertz CT molecular complexity index is 1810. The molecule has 0 aliphatic rings. The maximum absolute atomic E-state index is 14.2. The number of rotatable bonds is 17. The summed E-state index contributed by atoms with van der Waals surface area (Å²) in [6.45, 7) is 9.68. The molecule has 4 aromatic rings. The summed E-state index contributed by atoms with van der Waals surface area (Å²) in [5.41, 5.74) is 4.25. The van der Waals surface area contributed by atoms with E-state index < -0.39 is 16.0 Å². The number of carboxylic acid groups (broad SMARTS) is 1. The highest BCUT2D eigenvalue weighted by atomic mass is 32.2. The van der Waals surface area contributed by atoms with Gasteiger partial charge in [0.2, 0.25) is 5.88 Å². The molecule has 0 atom stereocenters. The normalized spacial score (nSPS) is 11.5. The van der Waals surface area contributed by atoms with Gasteiger partial charge in [-0.15, -0.1) is 0 Å². The first kappa shape index (κ1) is 35.5. The first-order chi connectivity index (χ1) is 22.5. The molecule has 12 nitrogen and oxygen atoms in total. The molecule has 2 aromatic heterocycles. The van der Waals surface area contributed by atoms with Gasteiger partial charge in [0, 0.05) is 42.5 Å². The number of hydrogen-bond acceptors (Lipinski definition) is 10. The van der Waals surface area contributed by atoms with Crippen LogP contribution < -0.4 is 9.04 Å². The Morgan fingerprint density at radius 3 is 2.45 bits per heavy atom. The van der Waals surface area contributed by atoms with Crippen molar-refractivity contribution in [2.24, 2.45) is 0 Å². The lowest BCUT2D eigenvalue weighted by atomic mass is 9.98. The Morgan fingerprint density at radius 1 is 1.02 bits per heavy atom. The minimum absolute atomic E-state index is 0.0632. The fraction of sp³-hybridized carbons (Fsp3) is 0.412. The molecule has 47 heavy (non-hydrogen) atoms. The van der Waals surface area contributed by atoms with Gasteiger partial charge in [-0.3, -0.25) is 4.79 Å². The Kier molecular flexibility index (Phi) is 12.1. The number of sulfonamides is 1. The number of hydrogen-bond donors (Lipinski definition) is 1. The monoisotopic (exact) mass is 666 g/mol. The fourth-order valence-corrected chi connectivity index (χ4v) is 6.65. The van der Waals surface area contributed by atoms with E-state index in [1.807, 2.05) is 25.1 Å². The molecule has 2 aromatic carbocycles. The molecule has 0 fully saturated rings. The van der Waals surface area contributed by atoms with Gasteiger partial charge >= 0.3 is 5.97 Å². The highest BCUT2D eigenvalue weighted by Gasteiger charge is 2.32. The number of unbranched alkanes of at least 4 members (excludes halogenated alkanes) is 1. The fourth-order valence-electron chi connectivity index (χ4n) is 5.06. The molecule has 0 saturated heterocycles. The van der Waals surface area contributed by atoms with Crippen LogP contribution in [0.4, 0.5) is 5.82 Å². The van der Waals surface area contributed by atoms with Crippen LogP contribution in [-0.2, 0) is 50.3 Å². The van der Waals surface area contributed by atoms with Gasteiger partial charge in [-0.05, 0) is 62.9 Å². The number of nitrogens with zero attached hydrogens (tertiary/aromatic N) is 4. The van der Waals surface area contributed by atoms with Crippen LogP contribution in [0.15, 0.2) is 51.9 Å². The van der Waals surface area contributed by atoms with Crippen molar-refractivity contribution in [3.05, 3.63) is 82.0 Å². The third kappa shape index (κ3) is 8.34. The first-order valence-corrected chi connectivity index (χ1v) is 16.9. The van der Waals surface area contributed by atoms with Crippen molar-refractivity contribution in [3.63, 3.8) is 0 Å². The maximum Gasteiger partial charge on any atom is 0.308 e. The lowest BCUT2D eigenvalue weighted by molar-refractivity contribution is -0.136. The van der Waals surface area contributed by atoms with E-state index in [1.54, 1.807) is 45.0 Å². The summed E-state index contributed by atoms with van der Waals surface area (Å²) in [4.78, 5) is 20.7. The van der Waals surface area contributed by atoms with Gasteiger partial charge in [0.15, 0.2) is 5.82 Å². The number of aryl methyl sites for hydroxylation is 3. The Hall–Kier alpha value is -4.33. The molecule has 252 valence electrons. The molecule has 0 unspecified atom stereocenters.